The molecule has 2 atom stereocenters. The number of hydrogen-bond donors (Lipinski definition) is 1. The summed E-state index contributed by atoms with van der Waals surface area (Å²) in [5, 5.41) is 3.32. The van der Waals surface area contributed by atoms with Crippen molar-refractivity contribution in [3.63, 3.8) is 0 Å². The van der Waals surface area contributed by atoms with Gasteiger partial charge in [-0.2, -0.15) is 0 Å². The highest BCUT2D eigenvalue weighted by atomic mass is 19.1. The van der Waals surface area contributed by atoms with Crippen molar-refractivity contribution in [3.8, 4) is 5.75 Å². The molecule has 1 saturated heterocycles. The van der Waals surface area contributed by atoms with Crippen molar-refractivity contribution in [2.45, 2.75) is 19.4 Å². The van der Waals surface area contributed by atoms with Crippen molar-refractivity contribution in [1.82, 2.24) is 5.32 Å². The van der Waals surface area contributed by atoms with Crippen LogP contribution in [0.1, 0.15) is 13.3 Å². The molecule has 4 heteroatoms. The lowest BCUT2D eigenvalue weighted by Crippen LogP contribution is -2.47. The minimum atomic E-state index is -0.175. The smallest absolute Gasteiger partial charge is 0.146 e. The number of anilines is 1. The molecule has 2 rings (SSSR count). The summed E-state index contributed by atoms with van der Waals surface area (Å²) in [6, 6.07) is 5.43. The highest BCUT2D eigenvalue weighted by molar-refractivity contribution is 5.52. The zero-order valence-electron chi connectivity index (χ0n) is 11.2. The molecule has 1 aliphatic heterocycles. The molecule has 1 aromatic rings. The van der Waals surface area contributed by atoms with Crippen molar-refractivity contribution in [2.75, 3.05) is 32.1 Å². The fourth-order valence-corrected chi connectivity index (χ4v) is 2.66. The second-order valence-corrected chi connectivity index (χ2v) is 4.92. The zero-order chi connectivity index (χ0) is 13.1. The first kappa shape index (κ1) is 13.1. The molecule has 1 aromatic carbocycles. The molecule has 1 N–H and O–H groups in total. The normalized spacial score (nSPS) is 24.1. The van der Waals surface area contributed by atoms with E-state index in [1.807, 2.05) is 7.05 Å². The quantitative estimate of drug-likeness (QED) is 0.893. The van der Waals surface area contributed by atoms with Crippen molar-refractivity contribution < 1.29 is 9.13 Å². The standard InChI is InChI=1S/C14H21FN2O/c1-10-9-17(7-6-13(10)16-2)14-8-11(18-3)4-5-12(14)15/h4-5,8,10,13,16H,6-7,9H2,1-3H3. The van der Waals surface area contributed by atoms with Crippen molar-refractivity contribution in [1.29, 1.82) is 0 Å². The fourth-order valence-electron chi connectivity index (χ4n) is 2.66. The summed E-state index contributed by atoms with van der Waals surface area (Å²) in [5.74, 6) is 1.04. The van der Waals surface area contributed by atoms with Crippen LogP contribution in [0.5, 0.6) is 5.75 Å². The highest BCUT2D eigenvalue weighted by Gasteiger charge is 2.26. The SMILES string of the molecule is CNC1CCN(c2cc(OC)ccc2F)CC1C. The van der Waals surface area contributed by atoms with E-state index in [1.165, 1.54) is 6.07 Å². The molecule has 0 radical (unpaired) electrons. The van der Waals surface area contributed by atoms with Gasteiger partial charge in [-0.3, -0.25) is 0 Å². The molecule has 18 heavy (non-hydrogen) atoms. The maximum Gasteiger partial charge on any atom is 0.146 e. The van der Waals surface area contributed by atoms with E-state index in [4.69, 9.17) is 4.74 Å². The number of nitrogens with one attached hydrogen (secondary N) is 1. The summed E-state index contributed by atoms with van der Waals surface area (Å²) >= 11 is 0. The maximum atomic E-state index is 13.9. The Balaban J connectivity index is 2.17. The van der Waals surface area contributed by atoms with E-state index in [9.17, 15) is 4.39 Å². The topological polar surface area (TPSA) is 24.5 Å². The van der Waals surface area contributed by atoms with Gasteiger partial charge in [0.15, 0.2) is 0 Å². The van der Waals surface area contributed by atoms with Gasteiger partial charge >= 0.3 is 0 Å². The molecule has 0 aromatic heterocycles. The number of benzene rings is 1. The number of rotatable bonds is 3. The third-order valence-electron chi connectivity index (χ3n) is 3.77. The van der Waals surface area contributed by atoms with Gasteiger partial charge in [0.1, 0.15) is 11.6 Å². The van der Waals surface area contributed by atoms with Gasteiger partial charge in [-0.25, -0.2) is 4.39 Å². The number of halogens is 1. The zero-order valence-corrected chi connectivity index (χ0v) is 11.2. The van der Waals surface area contributed by atoms with Crippen molar-refractivity contribution >= 4 is 5.69 Å². The monoisotopic (exact) mass is 252 g/mol. The summed E-state index contributed by atoms with van der Waals surface area (Å²) in [7, 11) is 3.59. The molecule has 1 fully saturated rings. The predicted molar refractivity (Wildman–Crippen MR) is 71.8 cm³/mol. The Kier molecular flexibility index (Phi) is 4.07. The minimum absolute atomic E-state index is 0.175. The van der Waals surface area contributed by atoms with E-state index >= 15 is 0 Å². The number of hydrogen-bond acceptors (Lipinski definition) is 3. The van der Waals surface area contributed by atoms with E-state index in [-0.39, 0.29) is 5.82 Å². The molecule has 0 bridgehead atoms. The minimum Gasteiger partial charge on any atom is -0.497 e. The first-order chi connectivity index (χ1) is 8.65. The Morgan fingerprint density at radius 1 is 1.44 bits per heavy atom. The predicted octanol–water partition coefficient (Wildman–Crippen LogP) is 2.27. The Morgan fingerprint density at radius 2 is 2.22 bits per heavy atom. The van der Waals surface area contributed by atoms with Crippen LogP contribution in [0.15, 0.2) is 18.2 Å². The molecule has 1 aliphatic rings. The van der Waals surface area contributed by atoms with E-state index in [1.54, 1.807) is 19.2 Å². The van der Waals surface area contributed by atoms with Crippen LogP contribution in [0.25, 0.3) is 0 Å². The largest absolute Gasteiger partial charge is 0.497 e. The highest BCUT2D eigenvalue weighted by Crippen LogP contribution is 2.28. The van der Waals surface area contributed by atoms with Crippen LogP contribution in [0.4, 0.5) is 10.1 Å². The molecule has 0 saturated carbocycles. The maximum absolute atomic E-state index is 13.9. The van der Waals surface area contributed by atoms with E-state index in [0.29, 0.717) is 23.4 Å². The van der Waals surface area contributed by atoms with Gasteiger partial charge < -0.3 is 15.0 Å². The summed E-state index contributed by atoms with van der Waals surface area (Å²) in [6.07, 6.45) is 1.04. The first-order valence-corrected chi connectivity index (χ1v) is 6.41. The van der Waals surface area contributed by atoms with Gasteiger partial charge in [-0.15, -0.1) is 0 Å². The van der Waals surface area contributed by atoms with Gasteiger partial charge in [0.25, 0.3) is 0 Å². The van der Waals surface area contributed by atoms with E-state index < -0.39 is 0 Å². The summed E-state index contributed by atoms with van der Waals surface area (Å²) in [5.41, 5.74) is 0.649. The lowest BCUT2D eigenvalue weighted by Gasteiger charge is -2.38. The Labute approximate surface area is 108 Å². The van der Waals surface area contributed by atoms with Crippen molar-refractivity contribution in [2.24, 2.45) is 5.92 Å². The third kappa shape index (κ3) is 2.58. The molecule has 1 heterocycles. The number of methoxy groups -OCH3 is 1. The van der Waals surface area contributed by atoms with Crippen molar-refractivity contribution in [3.05, 3.63) is 24.0 Å². The number of ether oxygens (including phenoxy) is 1. The van der Waals surface area contributed by atoms with Crippen LogP contribution in [0.2, 0.25) is 0 Å². The average molecular weight is 252 g/mol. The van der Waals surface area contributed by atoms with Crippen LogP contribution in [-0.2, 0) is 0 Å². The fraction of sp³-hybridized carbons (Fsp3) is 0.571. The second-order valence-electron chi connectivity index (χ2n) is 4.92. The first-order valence-electron chi connectivity index (χ1n) is 6.41. The third-order valence-corrected chi connectivity index (χ3v) is 3.77. The molecule has 100 valence electrons. The summed E-state index contributed by atoms with van der Waals surface area (Å²) in [4.78, 5) is 2.11. The van der Waals surface area contributed by atoms with Crippen LogP contribution in [0, 0.1) is 11.7 Å². The van der Waals surface area contributed by atoms with Crippen LogP contribution in [0.3, 0.4) is 0 Å². The molecular weight excluding hydrogens is 231 g/mol. The Morgan fingerprint density at radius 3 is 2.83 bits per heavy atom. The molecule has 2 unspecified atom stereocenters. The van der Waals surface area contributed by atoms with Gasteiger partial charge in [-0.05, 0) is 31.5 Å². The van der Waals surface area contributed by atoms with Gasteiger partial charge in [0.05, 0.1) is 12.8 Å². The second kappa shape index (κ2) is 5.57. The Hall–Kier alpha value is -1.29. The van der Waals surface area contributed by atoms with Gasteiger partial charge in [0, 0.05) is 25.2 Å². The number of piperidine rings is 1. The number of nitrogens with zero attached hydrogens (tertiary/aromatic N) is 1. The lowest BCUT2D eigenvalue weighted by molar-refractivity contribution is 0.337. The molecule has 0 aliphatic carbocycles. The molecule has 3 nitrogen and oxygen atoms in total. The Bertz CT molecular complexity index is 411. The van der Waals surface area contributed by atoms with E-state index in [0.717, 1.165) is 19.5 Å². The van der Waals surface area contributed by atoms with Crippen LogP contribution < -0.4 is 15.0 Å². The summed E-state index contributed by atoms with van der Waals surface area (Å²) in [6.45, 7) is 3.95. The average Bonchev–Trinajstić information content (AvgIpc) is 2.39. The lowest BCUT2D eigenvalue weighted by atomic mass is 9.93. The summed E-state index contributed by atoms with van der Waals surface area (Å²) < 4.78 is 19.0. The van der Waals surface area contributed by atoms with Gasteiger partial charge in [-0.1, -0.05) is 6.92 Å². The molecule has 0 spiro atoms. The molecule has 0 amide bonds. The van der Waals surface area contributed by atoms with Crippen LogP contribution >= 0.6 is 0 Å². The van der Waals surface area contributed by atoms with Crippen LogP contribution in [-0.4, -0.2) is 33.3 Å². The van der Waals surface area contributed by atoms with E-state index in [2.05, 4.69) is 17.1 Å². The molecular formula is C14H21FN2O. The van der Waals surface area contributed by atoms with Gasteiger partial charge in [0.2, 0.25) is 0 Å².